The van der Waals surface area contributed by atoms with Crippen LogP contribution < -0.4 is 5.73 Å². The van der Waals surface area contributed by atoms with Gasteiger partial charge in [-0.3, -0.25) is 9.88 Å². The highest BCUT2D eigenvalue weighted by molar-refractivity contribution is 7.07. The fourth-order valence-corrected chi connectivity index (χ4v) is 3.36. The molecule has 5 nitrogen and oxygen atoms in total. The molecule has 1 aliphatic rings. The molecule has 6 heteroatoms. The molecule has 1 atom stereocenters. The molecule has 0 saturated carbocycles. The summed E-state index contributed by atoms with van der Waals surface area (Å²) in [6.07, 6.45) is 6.77. The van der Waals surface area contributed by atoms with Crippen LogP contribution in [0.2, 0.25) is 0 Å². The number of nitrogens with two attached hydrogens (primary N) is 1. The Morgan fingerprint density at radius 3 is 3.00 bits per heavy atom. The molecule has 0 aromatic carbocycles. The molecule has 3 heterocycles. The fourth-order valence-electron chi connectivity index (χ4n) is 2.81. The van der Waals surface area contributed by atoms with E-state index >= 15 is 0 Å². The van der Waals surface area contributed by atoms with Crippen LogP contribution >= 0.6 is 11.3 Å². The molecule has 2 aromatic rings. The minimum atomic E-state index is 0.573. The van der Waals surface area contributed by atoms with Gasteiger partial charge in [0.15, 0.2) is 0 Å². The van der Waals surface area contributed by atoms with Gasteiger partial charge < -0.3 is 5.73 Å². The third-order valence-electron chi connectivity index (χ3n) is 3.76. The van der Waals surface area contributed by atoms with Crippen molar-refractivity contribution in [1.29, 1.82) is 0 Å². The predicted octanol–water partition coefficient (Wildman–Crippen LogP) is 1.97. The smallest absolute Gasteiger partial charge is 0.145 e. The molecule has 3 rings (SSSR count). The minimum absolute atomic E-state index is 0.573. The average Bonchev–Trinajstić information content (AvgIpc) is 2.95. The summed E-state index contributed by atoms with van der Waals surface area (Å²) in [5.74, 6) is 1.19. The van der Waals surface area contributed by atoms with E-state index in [1.165, 1.54) is 18.5 Å². The Labute approximate surface area is 122 Å². The van der Waals surface area contributed by atoms with E-state index in [1.54, 1.807) is 23.7 Å². The number of hydrogen-bond donors (Lipinski definition) is 1. The predicted molar refractivity (Wildman–Crippen MR) is 80.3 cm³/mol. The second-order valence-corrected chi connectivity index (χ2v) is 6.03. The Balaban J connectivity index is 1.59. The molecule has 0 bridgehead atoms. The number of thiazole rings is 1. The second-order valence-electron chi connectivity index (χ2n) is 5.32. The number of likely N-dealkylation sites (tertiary alicyclic amines) is 1. The van der Waals surface area contributed by atoms with Gasteiger partial charge >= 0.3 is 0 Å². The Bertz CT molecular complexity index is 542. The van der Waals surface area contributed by atoms with Gasteiger partial charge in [0.25, 0.3) is 0 Å². The molecule has 1 aliphatic heterocycles. The molecular weight excluding hydrogens is 270 g/mol. The van der Waals surface area contributed by atoms with Crippen LogP contribution in [0.4, 0.5) is 5.82 Å². The van der Waals surface area contributed by atoms with Gasteiger partial charge in [-0.1, -0.05) is 0 Å². The lowest BCUT2D eigenvalue weighted by atomic mass is 9.93. The fraction of sp³-hybridized carbons (Fsp3) is 0.500. The van der Waals surface area contributed by atoms with Gasteiger partial charge in [-0.2, -0.15) is 0 Å². The van der Waals surface area contributed by atoms with E-state index in [-0.39, 0.29) is 0 Å². The lowest BCUT2D eigenvalue weighted by molar-refractivity contribution is 0.165. The second kappa shape index (κ2) is 6.28. The van der Waals surface area contributed by atoms with Crippen molar-refractivity contribution < 1.29 is 0 Å². The van der Waals surface area contributed by atoms with Crippen molar-refractivity contribution in [3.8, 4) is 0 Å². The first kappa shape index (κ1) is 13.5. The summed E-state index contributed by atoms with van der Waals surface area (Å²) >= 11 is 1.66. The van der Waals surface area contributed by atoms with Crippen molar-refractivity contribution >= 4 is 17.2 Å². The van der Waals surface area contributed by atoms with Crippen LogP contribution in [0.25, 0.3) is 0 Å². The van der Waals surface area contributed by atoms with Crippen molar-refractivity contribution in [3.63, 3.8) is 0 Å². The van der Waals surface area contributed by atoms with Gasteiger partial charge in [0, 0.05) is 30.9 Å². The van der Waals surface area contributed by atoms with Gasteiger partial charge in [-0.05, 0) is 31.7 Å². The van der Waals surface area contributed by atoms with E-state index in [4.69, 9.17) is 5.73 Å². The van der Waals surface area contributed by atoms with Crippen molar-refractivity contribution in [2.24, 2.45) is 5.92 Å². The van der Waals surface area contributed by atoms with Crippen LogP contribution in [0.1, 0.15) is 24.2 Å². The first-order valence-corrected chi connectivity index (χ1v) is 7.90. The standard InChI is InChI=1S/C14H19N5S/c15-14-13(16-3-4-17-14)6-11-2-1-5-19(7-11)8-12-9-20-10-18-12/h3-4,9-11H,1-2,5-8H2,(H2,15,17). The Hall–Kier alpha value is -1.53. The van der Waals surface area contributed by atoms with Crippen molar-refractivity contribution in [2.45, 2.75) is 25.8 Å². The van der Waals surface area contributed by atoms with Crippen LogP contribution in [0.3, 0.4) is 0 Å². The van der Waals surface area contributed by atoms with E-state index < -0.39 is 0 Å². The quantitative estimate of drug-likeness (QED) is 0.932. The molecule has 1 unspecified atom stereocenters. The Kier molecular flexibility index (Phi) is 4.22. The summed E-state index contributed by atoms with van der Waals surface area (Å²) in [6.45, 7) is 3.20. The summed E-state index contributed by atoms with van der Waals surface area (Å²) in [4.78, 5) is 15.3. The topological polar surface area (TPSA) is 67.9 Å². The van der Waals surface area contributed by atoms with E-state index in [0.717, 1.165) is 31.7 Å². The molecule has 0 radical (unpaired) electrons. The SMILES string of the molecule is Nc1nccnc1CC1CCCN(Cc2cscn2)C1. The minimum Gasteiger partial charge on any atom is -0.382 e. The molecule has 0 amide bonds. The number of piperidine rings is 1. The van der Waals surface area contributed by atoms with Gasteiger partial charge in [-0.25, -0.2) is 9.97 Å². The molecule has 0 spiro atoms. The molecule has 1 saturated heterocycles. The van der Waals surface area contributed by atoms with Gasteiger partial charge in [-0.15, -0.1) is 11.3 Å². The molecule has 106 valence electrons. The highest BCUT2D eigenvalue weighted by Gasteiger charge is 2.21. The van der Waals surface area contributed by atoms with Gasteiger partial charge in [0.05, 0.1) is 16.9 Å². The first-order valence-electron chi connectivity index (χ1n) is 6.96. The summed E-state index contributed by atoms with van der Waals surface area (Å²) in [5.41, 5.74) is 9.90. The first-order chi connectivity index (χ1) is 9.81. The van der Waals surface area contributed by atoms with Gasteiger partial charge in [0.2, 0.25) is 0 Å². The Morgan fingerprint density at radius 2 is 2.20 bits per heavy atom. The summed E-state index contributed by atoms with van der Waals surface area (Å²) in [7, 11) is 0. The number of anilines is 1. The van der Waals surface area contributed by atoms with E-state index in [0.29, 0.717) is 11.7 Å². The van der Waals surface area contributed by atoms with E-state index in [1.807, 2.05) is 5.51 Å². The monoisotopic (exact) mass is 289 g/mol. The van der Waals surface area contributed by atoms with Crippen LogP contribution in [0, 0.1) is 5.92 Å². The molecule has 1 fully saturated rings. The van der Waals surface area contributed by atoms with Gasteiger partial charge in [0.1, 0.15) is 5.82 Å². The summed E-state index contributed by atoms with van der Waals surface area (Å²) < 4.78 is 0. The maximum atomic E-state index is 5.89. The lowest BCUT2D eigenvalue weighted by Crippen LogP contribution is -2.36. The Morgan fingerprint density at radius 1 is 1.30 bits per heavy atom. The van der Waals surface area contributed by atoms with Crippen molar-refractivity contribution in [1.82, 2.24) is 19.9 Å². The average molecular weight is 289 g/mol. The summed E-state index contributed by atoms with van der Waals surface area (Å²) in [5, 5.41) is 2.13. The van der Waals surface area contributed by atoms with Crippen molar-refractivity contribution in [2.75, 3.05) is 18.8 Å². The third kappa shape index (κ3) is 3.32. The summed E-state index contributed by atoms with van der Waals surface area (Å²) in [6, 6.07) is 0. The van der Waals surface area contributed by atoms with E-state index in [2.05, 4.69) is 25.2 Å². The lowest BCUT2D eigenvalue weighted by Gasteiger charge is -2.32. The van der Waals surface area contributed by atoms with Crippen LogP contribution in [-0.4, -0.2) is 32.9 Å². The number of rotatable bonds is 4. The molecule has 2 aromatic heterocycles. The highest BCUT2D eigenvalue weighted by atomic mass is 32.1. The molecule has 0 aliphatic carbocycles. The highest BCUT2D eigenvalue weighted by Crippen LogP contribution is 2.22. The number of hydrogen-bond acceptors (Lipinski definition) is 6. The zero-order valence-electron chi connectivity index (χ0n) is 11.4. The van der Waals surface area contributed by atoms with E-state index in [9.17, 15) is 0 Å². The molecule has 20 heavy (non-hydrogen) atoms. The van der Waals surface area contributed by atoms with Crippen LogP contribution in [-0.2, 0) is 13.0 Å². The largest absolute Gasteiger partial charge is 0.382 e. The molecular formula is C14H19N5S. The molecule has 2 N–H and O–H groups in total. The van der Waals surface area contributed by atoms with Crippen LogP contribution in [0.15, 0.2) is 23.3 Å². The third-order valence-corrected chi connectivity index (χ3v) is 4.40. The zero-order chi connectivity index (χ0) is 13.8. The zero-order valence-corrected chi connectivity index (χ0v) is 12.2. The van der Waals surface area contributed by atoms with Crippen molar-refractivity contribution in [3.05, 3.63) is 34.7 Å². The number of nitrogens with zero attached hydrogens (tertiary/aromatic N) is 4. The number of aromatic nitrogens is 3. The van der Waals surface area contributed by atoms with Crippen LogP contribution in [0.5, 0.6) is 0 Å². The maximum absolute atomic E-state index is 5.89. The number of nitrogen functional groups attached to an aromatic ring is 1. The normalized spacial score (nSPS) is 20.1. The maximum Gasteiger partial charge on any atom is 0.145 e.